The number of esters is 1. The number of benzene rings is 2. The minimum atomic E-state index is -1.79. The van der Waals surface area contributed by atoms with Crippen LogP contribution in [0.2, 0.25) is 0 Å². The van der Waals surface area contributed by atoms with Gasteiger partial charge in [-0.05, 0) is 24.0 Å². The molecule has 0 aromatic heterocycles. The predicted molar refractivity (Wildman–Crippen MR) is 122 cm³/mol. The lowest BCUT2D eigenvalue weighted by Crippen LogP contribution is -3.00. The maximum Gasteiger partial charge on any atom is 0.347 e. The van der Waals surface area contributed by atoms with Crippen molar-refractivity contribution in [1.29, 1.82) is 0 Å². The quantitative estimate of drug-likeness (QED) is 0.340. The summed E-state index contributed by atoms with van der Waals surface area (Å²) < 4.78 is 7.20. The van der Waals surface area contributed by atoms with Crippen LogP contribution in [0.25, 0.3) is 0 Å². The number of carbonyl (C=O) groups excluding carboxylic acids is 1. The first-order valence-electron chi connectivity index (χ1n) is 11.9. The zero-order valence-electron chi connectivity index (χ0n) is 19.3. The van der Waals surface area contributed by atoms with Gasteiger partial charge in [-0.1, -0.05) is 74.0 Å². The molecule has 1 N–H and O–H groups in total. The topological polar surface area (TPSA) is 46.5 Å². The van der Waals surface area contributed by atoms with Gasteiger partial charge in [-0.2, -0.15) is 0 Å². The van der Waals surface area contributed by atoms with Gasteiger partial charge in [0.15, 0.2) is 0 Å². The van der Waals surface area contributed by atoms with Gasteiger partial charge in [0.25, 0.3) is 0 Å². The van der Waals surface area contributed by atoms with E-state index in [1.54, 1.807) is 24.3 Å². The third-order valence-corrected chi connectivity index (χ3v) is 7.77. The summed E-state index contributed by atoms with van der Waals surface area (Å²) in [6, 6.07) is 19.4. The van der Waals surface area contributed by atoms with E-state index in [9.17, 15) is 9.90 Å². The molecule has 2 aromatic rings. The van der Waals surface area contributed by atoms with E-state index >= 15 is 0 Å². The maximum atomic E-state index is 13.5. The lowest BCUT2D eigenvalue weighted by Gasteiger charge is -2.47. The minimum absolute atomic E-state index is 0. The number of aliphatic hydroxyl groups is 1. The molecule has 0 radical (unpaired) electrons. The molecule has 5 heteroatoms. The number of rotatable bonds is 8. The number of halogens is 1. The molecule has 174 valence electrons. The fraction of sp³-hybridized carbons (Fsp3) is 0.519. The summed E-state index contributed by atoms with van der Waals surface area (Å²) in [5, 5.41) is 11.7. The third-order valence-electron chi connectivity index (χ3n) is 7.77. The number of nitrogens with zero attached hydrogens (tertiary/aromatic N) is 1. The molecule has 2 atom stereocenters. The van der Waals surface area contributed by atoms with Crippen LogP contribution in [0.3, 0.4) is 0 Å². The summed E-state index contributed by atoms with van der Waals surface area (Å²) in [5.41, 5.74) is -0.700. The Morgan fingerprint density at radius 3 is 1.94 bits per heavy atom. The normalized spacial score (nSPS) is 26.9. The number of piperidine rings is 1. The molecule has 2 aromatic carbocycles. The number of ether oxygens (including phenoxy) is 1. The summed E-state index contributed by atoms with van der Waals surface area (Å²) in [7, 11) is 2.40. The van der Waals surface area contributed by atoms with Crippen molar-refractivity contribution in [2.24, 2.45) is 0 Å². The third kappa shape index (κ3) is 4.66. The van der Waals surface area contributed by atoms with Gasteiger partial charge in [-0.15, -0.1) is 0 Å². The number of hydrogen-bond acceptors (Lipinski definition) is 3. The second-order valence-electron chi connectivity index (χ2n) is 9.60. The van der Waals surface area contributed by atoms with E-state index in [1.807, 2.05) is 36.4 Å². The molecule has 2 unspecified atom stereocenters. The smallest absolute Gasteiger partial charge is 0.347 e. The highest BCUT2D eigenvalue weighted by atomic mass is 79.9. The van der Waals surface area contributed by atoms with Crippen molar-refractivity contribution < 1.29 is 36.1 Å². The van der Waals surface area contributed by atoms with Crippen LogP contribution in [-0.4, -0.2) is 47.3 Å². The van der Waals surface area contributed by atoms with Crippen LogP contribution in [0.5, 0.6) is 0 Å². The van der Waals surface area contributed by atoms with Gasteiger partial charge in [0.1, 0.15) is 6.10 Å². The lowest BCUT2D eigenvalue weighted by atomic mass is 9.86. The Hall–Kier alpha value is -1.69. The second-order valence-corrected chi connectivity index (χ2v) is 9.60. The summed E-state index contributed by atoms with van der Waals surface area (Å²) in [5.74, 6) is -0.559. The van der Waals surface area contributed by atoms with Gasteiger partial charge in [-0.25, -0.2) is 4.79 Å². The van der Waals surface area contributed by atoms with Gasteiger partial charge < -0.3 is 31.3 Å². The van der Waals surface area contributed by atoms with Gasteiger partial charge in [-0.3, -0.25) is 0 Å². The number of fused-ring (bicyclic) bond motifs is 2. The molecule has 4 rings (SSSR count). The molecule has 2 aliphatic heterocycles. The standard InChI is InChI=1S/C27H36NO3.BrH/c1-3-4-11-18-28(2)23-16-17-24(28)20-25(19-23)31-26(29)27(30,21-12-7-5-8-13-21)22-14-9-6-10-15-22;/h5-10,12-15,23-25,30H,3-4,11,16-20H2,1-2H3;1H/q+1;/p-1. The van der Waals surface area contributed by atoms with Crippen LogP contribution in [0, 0.1) is 0 Å². The van der Waals surface area contributed by atoms with Crippen molar-refractivity contribution in [3.8, 4) is 0 Å². The molecule has 2 saturated heterocycles. The van der Waals surface area contributed by atoms with Crippen molar-refractivity contribution in [3.63, 3.8) is 0 Å². The van der Waals surface area contributed by atoms with Gasteiger partial charge >= 0.3 is 5.97 Å². The van der Waals surface area contributed by atoms with E-state index in [2.05, 4.69) is 14.0 Å². The molecule has 2 heterocycles. The molecular weight excluding hydrogens is 466 g/mol. The van der Waals surface area contributed by atoms with Crippen LogP contribution in [0.15, 0.2) is 60.7 Å². The molecule has 32 heavy (non-hydrogen) atoms. The van der Waals surface area contributed by atoms with Crippen LogP contribution in [0.1, 0.15) is 63.0 Å². The summed E-state index contributed by atoms with van der Waals surface area (Å²) >= 11 is 0. The lowest BCUT2D eigenvalue weighted by molar-refractivity contribution is -0.949. The first-order valence-corrected chi connectivity index (χ1v) is 11.9. The van der Waals surface area contributed by atoms with Gasteiger partial charge in [0, 0.05) is 25.7 Å². The van der Waals surface area contributed by atoms with Gasteiger partial charge in [0.05, 0.1) is 25.7 Å². The Kier molecular flexibility index (Phi) is 8.18. The Balaban J connectivity index is 0.00000289. The van der Waals surface area contributed by atoms with E-state index in [0.717, 1.165) is 17.3 Å². The molecule has 0 spiro atoms. The van der Waals surface area contributed by atoms with E-state index in [4.69, 9.17) is 4.74 Å². The molecule has 2 aliphatic rings. The van der Waals surface area contributed by atoms with E-state index in [-0.39, 0.29) is 23.1 Å². The summed E-state index contributed by atoms with van der Waals surface area (Å²) in [6.07, 6.45) is 7.88. The van der Waals surface area contributed by atoms with E-state index < -0.39 is 11.6 Å². The number of unbranched alkanes of at least 4 members (excludes halogenated alkanes) is 2. The van der Waals surface area contributed by atoms with Crippen LogP contribution in [-0.2, 0) is 15.1 Å². The fourth-order valence-corrected chi connectivity index (χ4v) is 5.85. The Labute approximate surface area is 203 Å². The maximum absolute atomic E-state index is 13.5. The van der Waals surface area contributed by atoms with Gasteiger partial charge in [0.2, 0.25) is 5.60 Å². The van der Waals surface area contributed by atoms with Crippen molar-refractivity contribution in [2.75, 3.05) is 13.6 Å². The summed E-state index contributed by atoms with van der Waals surface area (Å²) in [6.45, 7) is 3.47. The van der Waals surface area contributed by atoms with E-state index in [0.29, 0.717) is 23.2 Å². The van der Waals surface area contributed by atoms with Crippen LogP contribution in [0.4, 0.5) is 0 Å². The zero-order chi connectivity index (χ0) is 21.9. The Morgan fingerprint density at radius 1 is 0.969 bits per heavy atom. The first-order chi connectivity index (χ1) is 15.0. The Morgan fingerprint density at radius 2 is 1.47 bits per heavy atom. The SMILES string of the molecule is CCCCC[N+]1(C)C2CCC1CC(OC(=O)C(O)(c1ccccc1)c1ccccc1)C2.[Br-]. The minimum Gasteiger partial charge on any atom is -1.00 e. The highest BCUT2D eigenvalue weighted by Gasteiger charge is 2.53. The average molecular weight is 502 g/mol. The van der Waals surface area contributed by atoms with E-state index in [1.165, 1.54) is 38.6 Å². The number of carbonyl (C=O) groups is 1. The fourth-order valence-electron chi connectivity index (χ4n) is 5.85. The van der Waals surface area contributed by atoms with Crippen LogP contribution >= 0.6 is 0 Å². The zero-order valence-corrected chi connectivity index (χ0v) is 20.8. The molecule has 0 saturated carbocycles. The average Bonchev–Trinajstić information content (AvgIpc) is 2.96. The summed E-state index contributed by atoms with van der Waals surface area (Å²) in [4.78, 5) is 13.5. The Bertz CT molecular complexity index is 819. The molecule has 0 amide bonds. The molecule has 4 nitrogen and oxygen atoms in total. The molecule has 0 aliphatic carbocycles. The molecule has 2 fully saturated rings. The largest absolute Gasteiger partial charge is 1.00 e. The highest BCUT2D eigenvalue weighted by molar-refractivity contribution is 5.85. The number of quaternary nitrogens is 1. The van der Waals surface area contributed by atoms with Crippen LogP contribution < -0.4 is 17.0 Å². The number of hydrogen-bond donors (Lipinski definition) is 1. The van der Waals surface area contributed by atoms with Crippen molar-refractivity contribution >= 4 is 5.97 Å². The monoisotopic (exact) mass is 501 g/mol. The molecule has 2 bridgehead atoms. The molecular formula is C27H36BrNO3. The van der Waals surface area contributed by atoms with Crippen molar-refractivity contribution in [2.45, 2.75) is 75.7 Å². The second kappa shape index (κ2) is 10.5. The first kappa shape index (κ1) is 24.9. The highest BCUT2D eigenvalue weighted by Crippen LogP contribution is 2.43. The predicted octanol–water partition coefficient (Wildman–Crippen LogP) is 1.80. The van der Waals surface area contributed by atoms with Crippen molar-refractivity contribution in [3.05, 3.63) is 71.8 Å². The van der Waals surface area contributed by atoms with Crippen molar-refractivity contribution in [1.82, 2.24) is 0 Å².